The smallest absolute Gasteiger partial charge is 0.323 e. The number of unbranched alkanes of at least 4 members (excludes halogenated alkanes) is 1. The van der Waals surface area contributed by atoms with Crippen molar-refractivity contribution in [3.8, 4) is 0 Å². The first-order valence-electron chi connectivity index (χ1n) is 4.97. The Labute approximate surface area is 100 Å². The number of nitrogens with zero attached hydrogens (tertiary/aromatic N) is 1. The van der Waals surface area contributed by atoms with Crippen molar-refractivity contribution in [2.24, 2.45) is 5.73 Å². The average Bonchev–Trinajstić information content (AvgIpc) is 2.07. The molecular weight excluding hydrogens is 270 g/mol. The van der Waals surface area contributed by atoms with Crippen molar-refractivity contribution in [3.63, 3.8) is 0 Å². The van der Waals surface area contributed by atoms with Gasteiger partial charge in [-0.25, -0.2) is 0 Å². The van der Waals surface area contributed by atoms with E-state index in [1.807, 2.05) is 19.0 Å². The summed E-state index contributed by atoms with van der Waals surface area (Å²) < 4.78 is 22.2. The van der Waals surface area contributed by atoms with Gasteiger partial charge >= 0.3 is 15.2 Å². The number of hydrogen-bond acceptors (Lipinski definition) is 4. The standard InChI is InChI=1S/C7H20N2O6P2/c1-9(2)6-4-3-5-7(8,16(10,11)12)17(13,14)15/h3-6,8H2,1-2H3,(H2,10,11,12)(H2,13,14,15). The highest BCUT2D eigenvalue weighted by Crippen LogP contribution is 2.67. The van der Waals surface area contributed by atoms with Crippen LogP contribution < -0.4 is 5.73 Å². The van der Waals surface area contributed by atoms with Gasteiger partial charge in [-0.15, -0.1) is 0 Å². The van der Waals surface area contributed by atoms with Gasteiger partial charge < -0.3 is 30.2 Å². The minimum atomic E-state index is -5.07. The van der Waals surface area contributed by atoms with E-state index < -0.39 is 26.6 Å². The normalized spacial score (nSPS) is 14.4. The Balaban J connectivity index is 4.66. The maximum absolute atomic E-state index is 11.1. The van der Waals surface area contributed by atoms with Crippen molar-refractivity contribution in [2.75, 3.05) is 20.6 Å². The van der Waals surface area contributed by atoms with E-state index in [4.69, 9.17) is 25.3 Å². The summed E-state index contributed by atoms with van der Waals surface area (Å²) in [4.78, 5) is 37.7. The minimum absolute atomic E-state index is 0.227. The van der Waals surface area contributed by atoms with E-state index in [1.165, 1.54) is 0 Å². The van der Waals surface area contributed by atoms with Crippen LogP contribution in [0.5, 0.6) is 0 Å². The summed E-state index contributed by atoms with van der Waals surface area (Å²) in [7, 11) is -6.50. The van der Waals surface area contributed by atoms with Gasteiger partial charge in [0.05, 0.1) is 0 Å². The van der Waals surface area contributed by atoms with E-state index in [0.29, 0.717) is 13.0 Å². The van der Waals surface area contributed by atoms with E-state index in [0.717, 1.165) is 0 Å². The molecular formula is C7H20N2O6P2. The maximum Gasteiger partial charge on any atom is 0.357 e. The second kappa shape index (κ2) is 5.91. The van der Waals surface area contributed by atoms with Crippen molar-refractivity contribution in [1.29, 1.82) is 0 Å². The van der Waals surface area contributed by atoms with Crippen LogP contribution in [0.2, 0.25) is 0 Å². The second-order valence-corrected chi connectivity index (χ2v) is 8.35. The van der Waals surface area contributed by atoms with E-state index in [9.17, 15) is 9.13 Å². The van der Waals surface area contributed by atoms with Crippen LogP contribution in [0.25, 0.3) is 0 Å². The third kappa shape index (κ3) is 4.77. The SMILES string of the molecule is CN(C)CCCCC(N)(P(=O)(O)O)P(=O)(O)O. The van der Waals surface area contributed by atoms with Gasteiger partial charge in [-0.1, -0.05) is 0 Å². The summed E-state index contributed by atoms with van der Waals surface area (Å²) in [5, 5.41) is -2.77. The summed E-state index contributed by atoms with van der Waals surface area (Å²) in [6, 6.07) is 0. The first kappa shape index (κ1) is 17.2. The Hall–Kier alpha value is 0.220. The monoisotopic (exact) mass is 290 g/mol. The molecule has 0 radical (unpaired) electrons. The summed E-state index contributed by atoms with van der Waals surface area (Å²) in [6.45, 7) is 0.651. The van der Waals surface area contributed by atoms with Crippen LogP contribution in [-0.4, -0.2) is 50.1 Å². The molecule has 0 aromatic heterocycles. The summed E-state index contributed by atoms with van der Waals surface area (Å²) in [5.74, 6) is 0. The van der Waals surface area contributed by atoms with Gasteiger partial charge in [0.1, 0.15) is 0 Å². The molecule has 104 valence electrons. The Bertz CT molecular complexity index is 313. The van der Waals surface area contributed by atoms with Gasteiger partial charge in [0, 0.05) is 0 Å². The third-order valence-electron chi connectivity index (χ3n) is 2.41. The fraction of sp³-hybridized carbons (Fsp3) is 1.00. The maximum atomic E-state index is 11.1. The lowest BCUT2D eigenvalue weighted by Crippen LogP contribution is -2.39. The lowest BCUT2D eigenvalue weighted by molar-refractivity contribution is 0.297. The van der Waals surface area contributed by atoms with Gasteiger partial charge in [-0.2, -0.15) is 0 Å². The highest BCUT2D eigenvalue weighted by atomic mass is 31.2. The number of rotatable bonds is 7. The van der Waals surface area contributed by atoms with Gasteiger partial charge in [-0.3, -0.25) is 9.13 Å². The molecule has 8 nitrogen and oxygen atoms in total. The van der Waals surface area contributed by atoms with Crippen LogP contribution in [-0.2, 0) is 9.13 Å². The summed E-state index contributed by atoms with van der Waals surface area (Å²) >= 11 is 0. The summed E-state index contributed by atoms with van der Waals surface area (Å²) in [5.41, 5.74) is 5.23. The predicted octanol–water partition coefficient (Wildman–Crippen LogP) is -0.314. The molecule has 0 saturated heterocycles. The molecule has 0 bridgehead atoms. The van der Waals surface area contributed by atoms with E-state index in [2.05, 4.69) is 0 Å². The molecule has 0 aromatic carbocycles. The van der Waals surface area contributed by atoms with E-state index in [-0.39, 0.29) is 6.42 Å². The molecule has 0 aliphatic rings. The van der Waals surface area contributed by atoms with Crippen LogP contribution in [0.1, 0.15) is 19.3 Å². The number of nitrogens with two attached hydrogens (primary N) is 1. The lowest BCUT2D eigenvalue weighted by Gasteiger charge is -2.30. The molecule has 0 fully saturated rings. The largest absolute Gasteiger partial charge is 0.357 e. The van der Waals surface area contributed by atoms with Crippen molar-refractivity contribution in [3.05, 3.63) is 0 Å². The Morgan fingerprint density at radius 2 is 1.47 bits per heavy atom. The third-order valence-corrected chi connectivity index (χ3v) is 6.44. The highest BCUT2D eigenvalue weighted by molar-refractivity contribution is 7.72. The molecule has 0 aliphatic heterocycles. The molecule has 17 heavy (non-hydrogen) atoms. The zero-order valence-corrected chi connectivity index (χ0v) is 11.6. The van der Waals surface area contributed by atoms with E-state index in [1.54, 1.807) is 0 Å². The van der Waals surface area contributed by atoms with Crippen LogP contribution in [0.3, 0.4) is 0 Å². The molecule has 0 saturated carbocycles. The van der Waals surface area contributed by atoms with Crippen molar-refractivity contribution < 1.29 is 28.7 Å². The van der Waals surface area contributed by atoms with Crippen LogP contribution >= 0.6 is 15.2 Å². The van der Waals surface area contributed by atoms with Gasteiger partial charge in [0.25, 0.3) is 0 Å². The quantitative estimate of drug-likeness (QED) is 0.317. The van der Waals surface area contributed by atoms with Crippen LogP contribution in [0.15, 0.2) is 0 Å². The molecule has 0 unspecified atom stereocenters. The Kier molecular flexibility index (Phi) is 5.98. The van der Waals surface area contributed by atoms with Crippen molar-refractivity contribution >= 4 is 15.2 Å². The van der Waals surface area contributed by atoms with Crippen molar-refractivity contribution in [2.45, 2.75) is 24.3 Å². The molecule has 6 N–H and O–H groups in total. The predicted molar refractivity (Wildman–Crippen MR) is 63.4 cm³/mol. The first-order chi connectivity index (χ1) is 7.42. The zero-order valence-electron chi connectivity index (χ0n) is 9.85. The molecule has 10 heteroatoms. The second-order valence-electron chi connectivity index (χ2n) is 4.23. The fourth-order valence-electron chi connectivity index (χ4n) is 1.27. The molecule has 0 atom stereocenters. The summed E-state index contributed by atoms with van der Waals surface area (Å²) in [6.07, 6.45) is 0.353. The molecule has 0 spiro atoms. The Morgan fingerprint density at radius 3 is 1.76 bits per heavy atom. The fourth-order valence-corrected chi connectivity index (χ4v) is 3.53. The molecule has 0 aromatic rings. The molecule has 0 amide bonds. The van der Waals surface area contributed by atoms with Crippen molar-refractivity contribution in [1.82, 2.24) is 4.90 Å². The average molecular weight is 290 g/mol. The van der Waals surface area contributed by atoms with Crippen LogP contribution in [0, 0.1) is 0 Å². The lowest BCUT2D eigenvalue weighted by atomic mass is 10.2. The molecule has 0 heterocycles. The van der Waals surface area contributed by atoms with Gasteiger partial charge in [0.15, 0.2) is 0 Å². The minimum Gasteiger partial charge on any atom is -0.323 e. The Morgan fingerprint density at radius 1 is 1.06 bits per heavy atom. The highest BCUT2D eigenvalue weighted by Gasteiger charge is 2.56. The van der Waals surface area contributed by atoms with Gasteiger partial charge in [0.2, 0.25) is 5.02 Å². The van der Waals surface area contributed by atoms with E-state index >= 15 is 0 Å². The topological polar surface area (TPSA) is 144 Å². The van der Waals surface area contributed by atoms with Gasteiger partial charge in [-0.05, 0) is 39.9 Å². The molecule has 0 aliphatic carbocycles. The zero-order chi connectivity index (χ0) is 13.9. The first-order valence-corrected chi connectivity index (χ1v) is 8.19. The van der Waals surface area contributed by atoms with Crippen LogP contribution in [0.4, 0.5) is 0 Å². The molecule has 0 rings (SSSR count). The number of hydrogen-bond donors (Lipinski definition) is 5.